The Morgan fingerprint density at radius 2 is 2.06 bits per heavy atom. The molecule has 94 valence electrons. The third kappa shape index (κ3) is 3.40. The van der Waals surface area contributed by atoms with Crippen LogP contribution in [0.4, 0.5) is 5.95 Å². The third-order valence-corrected chi connectivity index (χ3v) is 3.19. The Kier molecular flexibility index (Phi) is 3.62. The second kappa shape index (κ2) is 5.00. The number of hydrogen-bond acceptors (Lipinski definition) is 4. The number of aromatic nitrogens is 2. The molecule has 0 aromatic carbocycles. The highest BCUT2D eigenvalue weighted by atomic mass is 15.1. The first kappa shape index (κ1) is 12.3. The molecule has 2 N–H and O–H groups in total. The van der Waals surface area contributed by atoms with Crippen LogP contribution in [0.5, 0.6) is 0 Å². The van der Waals surface area contributed by atoms with Gasteiger partial charge in [-0.05, 0) is 30.4 Å². The Labute approximate surface area is 103 Å². The average Bonchev–Trinajstić information content (AvgIpc) is 2.78. The Morgan fingerprint density at radius 1 is 1.35 bits per heavy atom. The van der Waals surface area contributed by atoms with E-state index in [1.54, 1.807) is 0 Å². The lowest BCUT2D eigenvalue weighted by Gasteiger charge is -2.18. The molecule has 4 heteroatoms. The number of nitrogens with one attached hydrogen (secondary N) is 2. The molecule has 1 atom stereocenters. The Hall–Kier alpha value is -1.16. The van der Waals surface area contributed by atoms with Gasteiger partial charge in [-0.2, -0.15) is 0 Å². The Bertz CT molecular complexity index is 347. The molecule has 2 heterocycles. The molecule has 0 radical (unpaired) electrons. The van der Waals surface area contributed by atoms with Crippen LogP contribution in [-0.4, -0.2) is 29.1 Å². The first-order valence-corrected chi connectivity index (χ1v) is 6.35. The number of nitrogens with zero attached hydrogens (tertiary/aromatic N) is 2. The van der Waals surface area contributed by atoms with Gasteiger partial charge in [0.05, 0.1) is 0 Å². The third-order valence-electron chi connectivity index (χ3n) is 3.19. The molecule has 0 saturated carbocycles. The highest BCUT2D eigenvalue weighted by Crippen LogP contribution is 2.20. The molecule has 1 aromatic heterocycles. The summed E-state index contributed by atoms with van der Waals surface area (Å²) in [7, 11) is 0. The topological polar surface area (TPSA) is 49.8 Å². The largest absolute Gasteiger partial charge is 0.353 e. The molecule has 1 aliphatic heterocycles. The highest BCUT2D eigenvalue weighted by molar-refractivity contribution is 5.27. The van der Waals surface area contributed by atoms with Crippen molar-refractivity contribution >= 4 is 5.95 Å². The van der Waals surface area contributed by atoms with Crippen molar-refractivity contribution in [3.05, 3.63) is 18.0 Å². The van der Waals surface area contributed by atoms with Gasteiger partial charge >= 0.3 is 0 Å². The standard InChI is InChI=1S/C13H22N4/c1-13(2,3)10-7-15-12(16-8-10)17-9-11-5-4-6-14-11/h7-8,11,14H,4-6,9H2,1-3H3,(H,15,16,17). The van der Waals surface area contributed by atoms with Crippen molar-refractivity contribution in [2.24, 2.45) is 0 Å². The summed E-state index contributed by atoms with van der Waals surface area (Å²) in [5.74, 6) is 0.728. The van der Waals surface area contributed by atoms with Crippen molar-refractivity contribution in [2.75, 3.05) is 18.4 Å². The number of hydrogen-bond donors (Lipinski definition) is 2. The van der Waals surface area contributed by atoms with E-state index in [1.165, 1.54) is 18.4 Å². The van der Waals surface area contributed by atoms with Gasteiger partial charge in [-0.15, -0.1) is 0 Å². The van der Waals surface area contributed by atoms with Gasteiger partial charge in [-0.25, -0.2) is 9.97 Å². The van der Waals surface area contributed by atoms with Crippen molar-refractivity contribution in [3.8, 4) is 0 Å². The molecule has 1 saturated heterocycles. The van der Waals surface area contributed by atoms with Crippen molar-refractivity contribution in [3.63, 3.8) is 0 Å². The van der Waals surface area contributed by atoms with Gasteiger partial charge in [0, 0.05) is 25.0 Å². The summed E-state index contributed by atoms with van der Waals surface area (Å²) in [6.45, 7) is 8.55. The zero-order valence-electron chi connectivity index (χ0n) is 11.0. The van der Waals surface area contributed by atoms with E-state index in [2.05, 4.69) is 41.4 Å². The van der Waals surface area contributed by atoms with Crippen molar-refractivity contribution < 1.29 is 0 Å². The van der Waals surface area contributed by atoms with E-state index in [9.17, 15) is 0 Å². The van der Waals surface area contributed by atoms with Crippen LogP contribution in [0.2, 0.25) is 0 Å². The summed E-state index contributed by atoms with van der Waals surface area (Å²) in [6.07, 6.45) is 6.35. The molecule has 1 unspecified atom stereocenters. The van der Waals surface area contributed by atoms with Crippen molar-refractivity contribution in [1.82, 2.24) is 15.3 Å². The first-order chi connectivity index (χ1) is 8.05. The minimum atomic E-state index is 0.117. The summed E-state index contributed by atoms with van der Waals surface area (Å²) in [5.41, 5.74) is 1.29. The maximum atomic E-state index is 4.36. The predicted molar refractivity (Wildman–Crippen MR) is 70.2 cm³/mol. The van der Waals surface area contributed by atoms with E-state index < -0.39 is 0 Å². The SMILES string of the molecule is CC(C)(C)c1cnc(NCC2CCCN2)nc1. The fraction of sp³-hybridized carbons (Fsp3) is 0.692. The van der Waals surface area contributed by atoms with Gasteiger partial charge in [-0.1, -0.05) is 20.8 Å². The fourth-order valence-corrected chi connectivity index (χ4v) is 1.95. The molecule has 1 aliphatic rings. The molecular formula is C13H22N4. The minimum Gasteiger partial charge on any atom is -0.353 e. The second-order valence-corrected chi connectivity index (χ2v) is 5.72. The molecule has 2 rings (SSSR count). The molecule has 0 bridgehead atoms. The summed E-state index contributed by atoms with van der Waals surface area (Å²) in [6, 6.07) is 0.570. The molecule has 17 heavy (non-hydrogen) atoms. The summed E-state index contributed by atoms with van der Waals surface area (Å²) >= 11 is 0. The van der Waals surface area contributed by atoms with E-state index >= 15 is 0 Å². The van der Waals surface area contributed by atoms with E-state index in [0.29, 0.717) is 6.04 Å². The highest BCUT2D eigenvalue weighted by Gasteiger charge is 2.16. The van der Waals surface area contributed by atoms with Gasteiger partial charge in [0.15, 0.2) is 0 Å². The lowest BCUT2D eigenvalue weighted by atomic mass is 9.89. The van der Waals surface area contributed by atoms with Crippen molar-refractivity contribution in [1.29, 1.82) is 0 Å². The van der Waals surface area contributed by atoms with E-state index in [4.69, 9.17) is 0 Å². The van der Waals surface area contributed by atoms with Crippen molar-refractivity contribution in [2.45, 2.75) is 45.1 Å². The zero-order valence-corrected chi connectivity index (χ0v) is 11.0. The normalized spacial score (nSPS) is 20.5. The number of anilines is 1. The van der Waals surface area contributed by atoms with Crippen LogP contribution in [0.1, 0.15) is 39.2 Å². The lowest BCUT2D eigenvalue weighted by Crippen LogP contribution is -2.29. The predicted octanol–water partition coefficient (Wildman–Crippen LogP) is 1.94. The molecule has 1 aromatic rings. The van der Waals surface area contributed by atoms with E-state index in [-0.39, 0.29) is 5.41 Å². The number of rotatable bonds is 3. The molecule has 1 fully saturated rings. The van der Waals surface area contributed by atoms with Crippen LogP contribution in [0.25, 0.3) is 0 Å². The van der Waals surface area contributed by atoms with Crippen LogP contribution in [-0.2, 0) is 5.41 Å². The molecular weight excluding hydrogens is 212 g/mol. The van der Waals surface area contributed by atoms with Gasteiger partial charge in [-0.3, -0.25) is 0 Å². The van der Waals surface area contributed by atoms with Crippen LogP contribution in [0.15, 0.2) is 12.4 Å². The van der Waals surface area contributed by atoms with E-state index in [0.717, 1.165) is 19.0 Å². The van der Waals surface area contributed by atoms with Gasteiger partial charge in [0.1, 0.15) is 0 Å². The first-order valence-electron chi connectivity index (χ1n) is 6.35. The second-order valence-electron chi connectivity index (χ2n) is 5.72. The quantitative estimate of drug-likeness (QED) is 0.839. The lowest BCUT2D eigenvalue weighted by molar-refractivity contribution is 0.583. The Morgan fingerprint density at radius 3 is 2.59 bits per heavy atom. The molecule has 4 nitrogen and oxygen atoms in total. The minimum absolute atomic E-state index is 0.117. The molecule has 0 spiro atoms. The maximum Gasteiger partial charge on any atom is 0.222 e. The van der Waals surface area contributed by atoms with Crippen LogP contribution >= 0.6 is 0 Å². The smallest absolute Gasteiger partial charge is 0.222 e. The summed E-state index contributed by atoms with van der Waals surface area (Å²) < 4.78 is 0. The monoisotopic (exact) mass is 234 g/mol. The van der Waals surface area contributed by atoms with Gasteiger partial charge in [0.25, 0.3) is 0 Å². The van der Waals surface area contributed by atoms with Gasteiger partial charge in [0.2, 0.25) is 5.95 Å². The van der Waals surface area contributed by atoms with Crippen LogP contribution in [0, 0.1) is 0 Å². The molecule has 0 aliphatic carbocycles. The summed E-state index contributed by atoms with van der Waals surface area (Å²) in [5, 5.41) is 6.72. The van der Waals surface area contributed by atoms with Crippen LogP contribution < -0.4 is 10.6 Å². The Balaban J connectivity index is 1.89. The maximum absolute atomic E-state index is 4.36. The average molecular weight is 234 g/mol. The van der Waals surface area contributed by atoms with Gasteiger partial charge < -0.3 is 10.6 Å². The zero-order chi connectivity index (χ0) is 12.3. The summed E-state index contributed by atoms with van der Waals surface area (Å²) in [4.78, 5) is 8.71. The molecule has 0 amide bonds. The van der Waals surface area contributed by atoms with E-state index in [1.807, 2.05) is 12.4 Å². The fourth-order valence-electron chi connectivity index (χ4n) is 1.95. The van der Waals surface area contributed by atoms with Crippen LogP contribution in [0.3, 0.4) is 0 Å².